The van der Waals surface area contributed by atoms with E-state index in [1.807, 2.05) is 6.07 Å². The van der Waals surface area contributed by atoms with Crippen LogP contribution in [-0.2, 0) is 20.4 Å². The summed E-state index contributed by atoms with van der Waals surface area (Å²) in [5.41, 5.74) is -0.714. The number of ether oxygens (including phenoxy) is 2. The summed E-state index contributed by atoms with van der Waals surface area (Å²) in [7, 11) is 0. The molecule has 0 N–H and O–H groups in total. The number of carbonyl (C=O) groups excluding carboxylic acids is 1. The predicted molar refractivity (Wildman–Crippen MR) is 78.5 cm³/mol. The summed E-state index contributed by atoms with van der Waals surface area (Å²) < 4.78 is 49.2. The lowest BCUT2D eigenvalue weighted by atomic mass is 10.0. The molecule has 2 atom stereocenters. The van der Waals surface area contributed by atoms with Crippen molar-refractivity contribution in [2.75, 3.05) is 19.8 Å². The molecular formula is C15H11F3N2O3S. The fourth-order valence-corrected chi connectivity index (χ4v) is 3.32. The van der Waals surface area contributed by atoms with Gasteiger partial charge >= 0.3 is 6.18 Å². The van der Waals surface area contributed by atoms with Gasteiger partial charge in [0.25, 0.3) is 0 Å². The summed E-state index contributed by atoms with van der Waals surface area (Å²) in [5.74, 6) is -1.68. The molecule has 1 fully saturated rings. The second-order valence-electron chi connectivity index (χ2n) is 5.13. The third-order valence-electron chi connectivity index (χ3n) is 3.53. The molecular weight excluding hydrogens is 345 g/mol. The molecule has 0 amide bonds. The van der Waals surface area contributed by atoms with Crippen LogP contribution >= 0.6 is 11.3 Å². The molecule has 9 heteroatoms. The standard InChI is InChI=1S/C15H11F3N2O3S/c16-15(17,18)8-1-2-12-10(5-8)20-14(24-12)9(6-19)13(21)11-7-22-3-4-23-11/h1-2,5,9,11H,3-4,7H2/t9-,11+/m1/s1. The van der Waals surface area contributed by atoms with E-state index >= 15 is 0 Å². The summed E-state index contributed by atoms with van der Waals surface area (Å²) in [4.78, 5) is 16.4. The lowest BCUT2D eigenvalue weighted by molar-refractivity contribution is -0.145. The molecule has 0 spiro atoms. The van der Waals surface area contributed by atoms with Crippen LogP contribution in [0.3, 0.4) is 0 Å². The Morgan fingerprint density at radius 1 is 1.42 bits per heavy atom. The molecule has 1 aliphatic heterocycles. The summed E-state index contributed by atoms with van der Waals surface area (Å²) in [6, 6.07) is 5.01. The van der Waals surface area contributed by atoms with Crippen molar-refractivity contribution >= 4 is 27.3 Å². The highest BCUT2D eigenvalue weighted by Crippen LogP contribution is 2.34. The Balaban J connectivity index is 1.92. The van der Waals surface area contributed by atoms with Gasteiger partial charge in [-0.1, -0.05) is 0 Å². The van der Waals surface area contributed by atoms with Gasteiger partial charge in [-0.2, -0.15) is 18.4 Å². The number of benzene rings is 1. The van der Waals surface area contributed by atoms with Gasteiger partial charge < -0.3 is 9.47 Å². The van der Waals surface area contributed by atoms with Crippen LogP contribution in [0.1, 0.15) is 16.5 Å². The van der Waals surface area contributed by atoms with Crippen LogP contribution in [0, 0.1) is 11.3 Å². The number of thiazole rings is 1. The molecule has 0 aliphatic carbocycles. The first kappa shape index (κ1) is 16.8. The number of nitriles is 1. The summed E-state index contributed by atoms with van der Waals surface area (Å²) >= 11 is 1.02. The Bertz CT molecular complexity index is 806. The maximum atomic E-state index is 12.8. The van der Waals surface area contributed by atoms with E-state index in [4.69, 9.17) is 9.47 Å². The van der Waals surface area contributed by atoms with Gasteiger partial charge in [-0.3, -0.25) is 4.79 Å². The topological polar surface area (TPSA) is 72.2 Å². The number of hydrogen-bond acceptors (Lipinski definition) is 6. The van der Waals surface area contributed by atoms with E-state index in [1.54, 1.807) is 0 Å². The number of alkyl halides is 3. The van der Waals surface area contributed by atoms with Gasteiger partial charge in [-0.15, -0.1) is 11.3 Å². The summed E-state index contributed by atoms with van der Waals surface area (Å²) in [6.45, 7) is 0.686. The highest BCUT2D eigenvalue weighted by Gasteiger charge is 2.34. The highest BCUT2D eigenvalue weighted by molar-refractivity contribution is 7.18. The second kappa shape index (κ2) is 6.47. The maximum absolute atomic E-state index is 12.8. The molecule has 0 saturated carbocycles. The minimum absolute atomic E-state index is 0.0557. The van der Waals surface area contributed by atoms with E-state index in [9.17, 15) is 23.2 Å². The Labute approximate surface area is 138 Å². The number of fused-ring (bicyclic) bond motifs is 1. The number of aromatic nitrogens is 1. The van der Waals surface area contributed by atoms with Gasteiger partial charge in [0.1, 0.15) is 11.1 Å². The number of halogens is 3. The van der Waals surface area contributed by atoms with Crippen molar-refractivity contribution < 1.29 is 27.4 Å². The lowest BCUT2D eigenvalue weighted by Gasteiger charge is -2.22. The van der Waals surface area contributed by atoms with E-state index < -0.39 is 29.5 Å². The van der Waals surface area contributed by atoms with Crippen LogP contribution in [-0.4, -0.2) is 36.7 Å². The zero-order valence-corrected chi connectivity index (χ0v) is 13.0. The highest BCUT2D eigenvalue weighted by atomic mass is 32.1. The first-order chi connectivity index (χ1) is 11.4. The summed E-state index contributed by atoms with van der Waals surface area (Å²) in [6.07, 6.45) is -5.34. The van der Waals surface area contributed by atoms with Crippen molar-refractivity contribution in [3.05, 3.63) is 28.8 Å². The molecule has 24 heavy (non-hydrogen) atoms. The van der Waals surface area contributed by atoms with Crippen LogP contribution in [0.4, 0.5) is 13.2 Å². The Kier molecular flexibility index (Phi) is 4.54. The van der Waals surface area contributed by atoms with Gasteiger partial charge in [-0.25, -0.2) is 4.98 Å². The average Bonchev–Trinajstić information content (AvgIpc) is 2.98. The monoisotopic (exact) mass is 356 g/mol. The number of Topliss-reactive ketones (excluding diaryl/α,β-unsaturated/α-hetero) is 1. The minimum atomic E-state index is -4.48. The quantitative estimate of drug-likeness (QED) is 0.846. The van der Waals surface area contributed by atoms with Crippen LogP contribution in [0.2, 0.25) is 0 Å². The normalized spacial score (nSPS) is 19.8. The van der Waals surface area contributed by atoms with Gasteiger partial charge in [0.15, 0.2) is 11.7 Å². The van der Waals surface area contributed by atoms with E-state index in [-0.39, 0.29) is 23.7 Å². The molecule has 5 nitrogen and oxygen atoms in total. The zero-order chi connectivity index (χ0) is 17.3. The average molecular weight is 356 g/mol. The molecule has 1 saturated heterocycles. The molecule has 2 aromatic rings. The molecule has 1 aromatic carbocycles. The second-order valence-corrected chi connectivity index (χ2v) is 6.19. The van der Waals surface area contributed by atoms with Crippen LogP contribution in [0.5, 0.6) is 0 Å². The fraction of sp³-hybridized carbons (Fsp3) is 0.400. The molecule has 126 valence electrons. The largest absolute Gasteiger partial charge is 0.416 e. The van der Waals surface area contributed by atoms with Crippen molar-refractivity contribution in [3.8, 4) is 6.07 Å². The third-order valence-corrected chi connectivity index (χ3v) is 4.63. The van der Waals surface area contributed by atoms with Crippen LogP contribution in [0.15, 0.2) is 18.2 Å². The van der Waals surface area contributed by atoms with Crippen molar-refractivity contribution in [3.63, 3.8) is 0 Å². The molecule has 3 rings (SSSR count). The van der Waals surface area contributed by atoms with E-state index in [2.05, 4.69) is 4.98 Å². The van der Waals surface area contributed by atoms with Crippen LogP contribution < -0.4 is 0 Å². The smallest absolute Gasteiger partial charge is 0.376 e. The minimum Gasteiger partial charge on any atom is -0.376 e. The van der Waals surface area contributed by atoms with Gasteiger partial charge in [0.05, 0.1) is 41.7 Å². The van der Waals surface area contributed by atoms with E-state index in [0.29, 0.717) is 11.3 Å². The first-order valence-corrected chi connectivity index (χ1v) is 7.82. The Morgan fingerprint density at radius 2 is 2.21 bits per heavy atom. The molecule has 1 aliphatic rings. The molecule has 2 heterocycles. The third kappa shape index (κ3) is 3.26. The molecule has 1 aromatic heterocycles. The van der Waals surface area contributed by atoms with Crippen LogP contribution in [0.25, 0.3) is 10.2 Å². The number of nitrogens with zero attached hydrogens (tertiary/aromatic N) is 2. The fourth-order valence-electron chi connectivity index (χ4n) is 2.32. The van der Waals surface area contributed by atoms with Crippen molar-refractivity contribution in [2.45, 2.75) is 18.2 Å². The zero-order valence-electron chi connectivity index (χ0n) is 12.2. The molecule has 0 radical (unpaired) electrons. The van der Waals surface area contributed by atoms with Gasteiger partial charge in [-0.05, 0) is 18.2 Å². The summed E-state index contributed by atoms with van der Waals surface area (Å²) in [5, 5.41) is 9.47. The Hall–Kier alpha value is -2.02. The number of rotatable bonds is 3. The van der Waals surface area contributed by atoms with E-state index in [1.165, 1.54) is 6.07 Å². The predicted octanol–water partition coefficient (Wildman–Crippen LogP) is 2.91. The Morgan fingerprint density at radius 3 is 2.83 bits per heavy atom. The molecule has 0 bridgehead atoms. The van der Waals surface area contributed by atoms with Crippen molar-refractivity contribution in [1.29, 1.82) is 5.26 Å². The number of ketones is 1. The van der Waals surface area contributed by atoms with Crippen molar-refractivity contribution in [1.82, 2.24) is 4.98 Å². The van der Waals surface area contributed by atoms with Gasteiger partial charge in [0.2, 0.25) is 0 Å². The SMILES string of the molecule is N#C[C@H](C(=O)[C@@H]1COCCO1)c1nc2cc(C(F)(F)F)ccc2s1. The lowest BCUT2D eigenvalue weighted by Crippen LogP contribution is -2.38. The maximum Gasteiger partial charge on any atom is 0.416 e. The molecule has 0 unspecified atom stereocenters. The first-order valence-electron chi connectivity index (χ1n) is 7.00. The van der Waals surface area contributed by atoms with E-state index in [0.717, 1.165) is 23.5 Å². The number of hydrogen-bond donors (Lipinski definition) is 0. The van der Waals surface area contributed by atoms with Crippen molar-refractivity contribution in [2.24, 2.45) is 0 Å². The number of carbonyl (C=O) groups is 1. The van der Waals surface area contributed by atoms with Gasteiger partial charge in [0, 0.05) is 0 Å².